The van der Waals surface area contributed by atoms with Crippen molar-refractivity contribution in [1.82, 2.24) is 19.9 Å². The van der Waals surface area contributed by atoms with Gasteiger partial charge in [0.2, 0.25) is 0 Å². The fourth-order valence-corrected chi connectivity index (χ4v) is 2.93. The first-order valence-corrected chi connectivity index (χ1v) is 7.56. The maximum Gasteiger partial charge on any atom is 0.323 e. The van der Waals surface area contributed by atoms with Gasteiger partial charge in [-0.25, -0.2) is 9.18 Å². The fourth-order valence-electron chi connectivity index (χ4n) is 2.93. The van der Waals surface area contributed by atoms with Crippen LogP contribution in [0.2, 0.25) is 0 Å². The Balaban J connectivity index is 2.07. The molecule has 0 aliphatic rings. The lowest BCUT2D eigenvalue weighted by molar-refractivity contribution is 0.117. The molecule has 0 aliphatic heterocycles. The molecule has 7 heteroatoms. The molecule has 0 aliphatic carbocycles. The van der Waals surface area contributed by atoms with Crippen molar-refractivity contribution in [2.45, 2.75) is 5.60 Å². The first kappa shape index (κ1) is 15.2. The van der Waals surface area contributed by atoms with Gasteiger partial charge in [-0.1, -0.05) is 18.2 Å². The topological polar surface area (TPSA) is 94.7 Å². The number of aliphatic hydroxyl groups is 1. The van der Waals surface area contributed by atoms with Crippen molar-refractivity contribution in [2.75, 3.05) is 0 Å². The summed E-state index contributed by atoms with van der Waals surface area (Å²) in [4.78, 5) is 25.4. The van der Waals surface area contributed by atoms with Crippen LogP contribution in [-0.4, -0.2) is 25.0 Å². The number of nitrogens with zero attached hydrogens (tertiary/aromatic N) is 2. The molecule has 0 amide bonds. The molecule has 4 aromatic rings. The number of nitrogens with one attached hydrogen (secondary N) is 2. The number of para-hydroxylation sites is 1. The molecule has 1 aromatic carbocycles. The minimum atomic E-state index is -1.76. The molecule has 0 fully saturated rings. The number of hydrogen-bond donors (Lipinski definition) is 3. The van der Waals surface area contributed by atoms with Gasteiger partial charge < -0.3 is 15.1 Å². The Labute approximate surface area is 141 Å². The van der Waals surface area contributed by atoms with E-state index >= 15 is 0 Å². The Morgan fingerprint density at radius 3 is 2.52 bits per heavy atom. The van der Waals surface area contributed by atoms with E-state index in [1.54, 1.807) is 42.6 Å². The number of fused-ring (bicyclic) bond motifs is 1. The second-order valence-electron chi connectivity index (χ2n) is 5.59. The SMILES string of the molecule is O=c1[nH]c2cccc(C(O)(c3ccccn3)c3ccc(F)cn3)c2[nH]1. The van der Waals surface area contributed by atoms with Gasteiger partial charge in [0.05, 0.1) is 28.6 Å². The Morgan fingerprint density at radius 1 is 0.960 bits per heavy atom. The molecule has 0 spiro atoms. The summed E-state index contributed by atoms with van der Waals surface area (Å²) in [5.41, 5.74) is -0.282. The van der Waals surface area contributed by atoms with Crippen LogP contribution in [0.1, 0.15) is 17.0 Å². The normalized spacial score (nSPS) is 13.7. The van der Waals surface area contributed by atoms with Crippen molar-refractivity contribution in [3.05, 3.63) is 94.2 Å². The Hall–Kier alpha value is -3.32. The molecule has 3 N–H and O–H groups in total. The Bertz CT molecular complexity index is 1090. The molecule has 0 saturated heterocycles. The van der Waals surface area contributed by atoms with Crippen LogP contribution in [0.5, 0.6) is 0 Å². The highest BCUT2D eigenvalue weighted by Crippen LogP contribution is 2.37. The van der Waals surface area contributed by atoms with E-state index in [4.69, 9.17) is 0 Å². The molecule has 4 rings (SSSR count). The molecule has 124 valence electrons. The highest BCUT2D eigenvalue weighted by molar-refractivity contribution is 5.80. The third-order valence-electron chi connectivity index (χ3n) is 4.07. The van der Waals surface area contributed by atoms with Gasteiger partial charge >= 0.3 is 5.69 Å². The van der Waals surface area contributed by atoms with E-state index < -0.39 is 17.1 Å². The lowest BCUT2D eigenvalue weighted by Gasteiger charge is -2.28. The summed E-state index contributed by atoms with van der Waals surface area (Å²) in [5.74, 6) is -0.514. The van der Waals surface area contributed by atoms with Gasteiger partial charge in [0, 0.05) is 11.8 Å². The van der Waals surface area contributed by atoms with Gasteiger partial charge in [-0.15, -0.1) is 0 Å². The maximum atomic E-state index is 13.3. The van der Waals surface area contributed by atoms with Gasteiger partial charge in [-0.05, 0) is 30.3 Å². The average Bonchev–Trinajstić information content (AvgIpc) is 3.02. The standard InChI is InChI=1S/C18H13FN4O2/c19-11-7-8-15(21-10-11)18(25,14-6-1-2-9-20-14)12-4-3-5-13-16(12)23-17(24)22-13/h1-10,25H,(H2,22,23,24). The minimum absolute atomic E-state index is 0.196. The van der Waals surface area contributed by atoms with Gasteiger partial charge in [0.1, 0.15) is 5.82 Å². The third kappa shape index (κ3) is 2.41. The van der Waals surface area contributed by atoms with Crippen molar-refractivity contribution in [3.63, 3.8) is 0 Å². The van der Waals surface area contributed by atoms with E-state index in [1.165, 1.54) is 12.1 Å². The van der Waals surface area contributed by atoms with Crippen LogP contribution >= 0.6 is 0 Å². The Kier molecular flexibility index (Phi) is 3.43. The predicted molar refractivity (Wildman–Crippen MR) is 89.5 cm³/mol. The largest absolute Gasteiger partial charge is 0.373 e. The summed E-state index contributed by atoms with van der Waals surface area (Å²) in [7, 11) is 0. The number of imidazole rings is 1. The first-order valence-electron chi connectivity index (χ1n) is 7.56. The summed E-state index contributed by atoms with van der Waals surface area (Å²) in [5, 5.41) is 11.6. The molecule has 3 aromatic heterocycles. The highest BCUT2D eigenvalue weighted by atomic mass is 19.1. The predicted octanol–water partition coefficient (Wildman–Crippen LogP) is 2.07. The van der Waals surface area contributed by atoms with Crippen LogP contribution in [0.3, 0.4) is 0 Å². The van der Waals surface area contributed by atoms with Crippen LogP contribution < -0.4 is 5.69 Å². The van der Waals surface area contributed by atoms with Crippen molar-refractivity contribution in [1.29, 1.82) is 0 Å². The minimum Gasteiger partial charge on any atom is -0.373 e. The quantitative estimate of drug-likeness (QED) is 0.534. The number of pyridine rings is 2. The number of benzene rings is 1. The Morgan fingerprint density at radius 2 is 1.80 bits per heavy atom. The zero-order chi connectivity index (χ0) is 17.4. The molecule has 25 heavy (non-hydrogen) atoms. The van der Waals surface area contributed by atoms with Gasteiger partial charge in [-0.2, -0.15) is 0 Å². The van der Waals surface area contributed by atoms with Crippen LogP contribution in [0.4, 0.5) is 4.39 Å². The average molecular weight is 336 g/mol. The zero-order valence-electron chi connectivity index (χ0n) is 12.9. The van der Waals surface area contributed by atoms with E-state index in [2.05, 4.69) is 19.9 Å². The monoisotopic (exact) mass is 336 g/mol. The number of H-pyrrole nitrogens is 2. The smallest absolute Gasteiger partial charge is 0.323 e. The van der Waals surface area contributed by atoms with E-state index in [1.807, 2.05) is 0 Å². The highest BCUT2D eigenvalue weighted by Gasteiger charge is 2.38. The molecule has 0 radical (unpaired) electrons. The summed E-state index contributed by atoms with van der Waals surface area (Å²) in [6, 6.07) is 12.8. The number of hydrogen-bond acceptors (Lipinski definition) is 4. The van der Waals surface area contributed by atoms with Crippen LogP contribution in [0, 0.1) is 5.82 Å². The molecule has 1 unspecified atom stereocenters. The number of rotatable bonds is 3. The summed E-state index contributed by atoms with van der Waals surface area (Å²) < 4.78 is 13.3. The fraction of sp³-hybridized carbons (Fsp3) is 0.0556. The van der Waals surface area contributed by atoms with E-state index in [0.717, 1.165) is 6.20 Å². The molecular formula is C18H13FN4O2. The third-order valence-corrected chi connectivity index (χ3v) is 4.07. The number of aromatic amines is 2. The van der Waals surface area contributed by atoms with Crippen molar-refractivity contribution in [3.8, 4) is 0 Å². The number of aromatic nitrogens is 4. The van der Waals surface area contributed by atoms with Crippen molar-refractivity contribution in [2.24, 2.45) is 0 Å². The summed E-state index contributed by atoms with van der Waals surface area (Å²) in [6.45, 7) is 0. The molecular weight excluding hydrogens is 323 g/mol. The van der Waals surface area contributed by atoms with Gasteiger partial charge in [0.25, 0.3) is 0 Å². The van der Waals surface area contributed by atoms with Crippen molar-refractivity contribution >= 4 is 11.0 Å². The first-order chi connectivity index (χ1) is 12.1. The van der Waals surface area contributed by atoms with E-state index in [9.17, 15) is 14.3 Å². The maximum absolute atomic E-state index is 13.3. The van der Waals surface area contributed by atoms with Crippen LogP contribution in [-0.2, 0) is 5.60 Å². The summed E-state index contributed by atoms with van der Waals surface area (Å²) in [6.07, 6.45) is 2.58. The molecule has 3 heterocycles. The lowest BCUT2D eigenvalue weighted by atomic mass is 9.85. The van der Waals surface area contributed by atoms with Gasteiger partial charge in [0.15, 0.2) is 5.60 Å². The second kappa shape index (κ2) is 5.64. The molecule has 6 nitrogen and oxygen atoms in total. The second-order valence-corrected chi connectivity index (χ2v) is 5.59. The van der Waals surface area contributed by atoms with Crippen LogP contribution in [0.15, 0.2) is 65.7 Å². The molecule has 0 saturated carbocycles. The van der Waals surface area contributed by atoms with Crippen molar-refractivity contribution < 1.29 is 9.50 Å². The summed E-state index contributed by atoms with van der Waals surface area (Å²) >= 11 is 0. The van der Waals surface area contributed by atoms with Gasteiger partial charge in [-0.3, -0.25) is 9.97 Å². The van der Waals surface area contributed by atoms with E-state index in [0.29, 0.717) is 22.3 Å². The molecule has 1 atom stereocenters. The van der Waals surface area contributed by atoms with E-state index in [-0.39, 0.29) is 5.69 Å². The zero-order valence-corrected chi connectivity index (χ0v) is 12.9. The lowest BCUT2D eigenvalue weighted by Crippen LogP contribution is -2.31. The molecule has 0 bridgehead atoms. The van der Waals surface area contributed by atoms with Crippen LogP contribution in [0.25, 0.3) is 11.0 Å². The number of halogens is 1.